The number of nitrogens with zero attached hydrogens (tertiary/aromatic N) is 4. The fraction of sp³-hybridized carbons (Fsp3) is 0.444. The molecule has 3 heterocycles. The van der Waals surface area contributed by atoms with Gasteiger partial charge < -0.3 is 15.1 Å². The first kappa shape index (κ1) is 20.1. The van der Waals surface area contributed by atoms with Crippen molar-refractivity contribution in [2.24, 2.45) is 53.4 Å². The lowest BCUT2D eigenvalue weighted by molar-refractivity contribution is -0.651. The van der Waals surface area contributed by atoms with E-state index in [4.69, 9.17) is 4.42 Å². The van der Waals surface area contributed by atoms with Crippen LogP contribution >= 0.6 is 0 Å². The number of hydrogen-bond donors (Lipinski definition) is 2. The van der Waals surface area contributed by atoms with E-state index in [2.05, 4.69) is 27.6 Å². The number of hydrogen-bond acceptors (Lipinski definition) is 6. The first-order valence-corrected chi connectivity index (χ1v) is 12.9. The van der Waals surface area contributed by atoms with E-state index in [9.17, 15) is 14.4 Å². The summed E-state index contributed by atoms with van der Waals surface area (Å²) in [6.45, 7) is 3.42. The topological polar surface area (TPSA) is 124 Å². The minimum absolute atomic E-state index is 0.152. The fourth-order valence-electron chi connectivity index (χ4n) is 9.71. The van der Waals surface area contributed by atoms with Crippen LogP contribution in [0.15, 0.2) is 45.7 Å². The van der Waals surface area contributed by atoms with E-state index in [0.717, 1.165) is 47.6 Å². The van der Waals surface area contributed by atoms with Gasteiger partial charge in [-0.3, -0.25) is 14.2 Å². The third kappa shape index (κ3) is 1.94. The highest BCUT2D eigenvalue weighted by Crippen LogP contribution is 3.10. The van der Waals surface area contributed by atoms with Gasteiger partial charge in [-0.15, -0.1) is 0 Å². The van der Waals surface area contributed by atoms with Crippen LogP contribution in [0.3, 0.4) is 0 Å². The van der Waals surface area contributed by atoms with Gasteiger partial charge in [0.05, 0.1) is 11.7 Å². The largest absolute Gasteiger partial charge is 0.419 e. The molecule has 0 atom stereocenters. The zero-order valence-corrected chi connectivity index (χ0v) is 20.3. The molecule has 2 N–H and O–H groups in total. The number of amides is 2. The van der Waals surface area contributed by atoms with Crippen molar-refractivity contribution >= 4 is 28.6 Å². The van der Waals surface area contributed by atoms with E-state index in [-0.39, 0.29) is 18.1 Å². The third-order valence-electron chi connectivity index (χ3n) is 11.0. The molecule has 0 unspecified atom stereocenters. The molecular formula is C27H24N6O4. The Balaban J connectivity index is 0.936. The summed E-state index contributed by atoms with van der Waals surface area (Å²) in [6.07, 6.45) is 1.57. The van der Waals surface area contributed by atoms with Gasteiger partial charge in [-0.2, -0.15) is 5.10 Å². The molecule has 6 fully saturated rings. The molecule has 6 saturated carbocycles. The van der Waals surface area contributed by atoms with Gasteiger partial charge in [0.25, 0.3) is 11.8 Å². The van der Waals surface area contributed by atoms with Crippen molar-refractivity contribution in [3.05, 3.63) is 64.0 Å². The molecule has 0 bridgehead atoms. The molecule has 0 aliphatic heterocycles. The number of carbonyl (C=O) groups excluding carboxylic acids is 2. The summed E-state index contributed by atoms with van der Waals surface area (Å²) in [5, 5.41) is 10.3. The molecule has 10 heteroatoms. The van der Waals surface area contributed by atoms with Crippen LogP contribution in [0.4, 0.5) is 0 Å². The molecule has 186 valence electrons. The van der Waals surface area contributed by atoms with Crippen LogP contribution in [0.1, 0.15) is 33.5 Å². The zero-order valence-electron chi connectivity index (χ0n) is 20.3. The Morgan fingerprint density at radius 3 is 2.54 bits per heavy atom. The number of nitrogens with one attached hydrogen (secondary N) is 2. The monoisotopic (exact) mass is 496 g/mol. The first-order chi connectivity index (χ1) is 17.9. The van der Waals surface area contributed by atoms with Gasteiger partial charge in [0.2, 0.25) is 0 Å². The van der Waals surface area contributed by atoms with Crippen LogP contribution in [0.2, 0.25) is 0 Å². The molecule has 4 aromatic rings. The lowest BCUT2D eigenvalue weighted by atomic mass is 8.92. The highest BCUT2D eigenvalue weighted by atomic mass is 16.4. The Bertz CT molecular complexity index is 1740. The van der Waals surface area contributed by atoms with Crippen LogP contribution in [0, 0.1) is 46.3 Å². The van der Waals surface area contributed by atoms with Crippen molar-refractivity contribution in [1.29, 1.82) is 0 Å². The smallest absolute Gasteiger partial charge is 0.408 e. The van der Waals surface area contributed by atoms with Crippen molar-refractivity contribution < 1.29 is 14.0 Å². The molecule has 2 amide bonds. The van der Waals surface area contributed by atoms with Gasteiger partial charge in [-0.05, 0) is 64.0 Å². The number of carbonyl (C=O) groups is 2. The van der Waals surface area contributed by atoms with Gasteiger partial charge >= 0.3 is 5.76 Å². The molecule has 6 aliphatic rings. The normalized spacial score (nSPS) is 36.6. The second-order valence-corrected chi connectivity index (χ2v) is 11.9. The number of rotatable bonds is 6. The molecule has 37 heavy (non-hydrogen) atoms. The van der Waals surface area contributed by atoms with E-state index in [0.29, 0.717) is 33.3 Å². The molecule has 10 nitrogen and oxygen atoms in total. The summed E-state index contributed by atoms with van der Waals surface area (Å²) >= 11 is 0. The second kappa shape index (κ2) is 5.95. The number of oxazole rings is 1. The molecular weight excluding hydrogens is 472 g/mol. The fourth-order valence-corrected chi connectivity index (χ4v) is 9.71. The number of aryl methyl sites for hydroxylation is 1. The van der Waals surface area contributed by atoms with Gasteiger partial charge in [0.1, 0.15) is 11.4 Å². The van der Waals surface area contributed by atoms with Gasteiger partial charge in [0.15, 0.2) is 11.2 Å². The summed E-state index contributed by atoms with van der Waals surface area (Å²) in [5.41, 5.74) is 3.86. The van der Waals surface area contributed by atoms with Crippen molar-refractivity contribution in [3.63, 3.8) is 0 Å². The molecule has 10 rings (SSSR count). The Labute approximate surface area is 210 Å². The minimum Gasteiger partial charge on any atom is -0.408 e. The van der Waals surface area contributed by atoms with Crippen LogP contribution < -0.4 is 16.4 Å². The Morgan fingerprint density at radius 1 is 1.03 bits per heavy atom. The van der Waals surface area contributed by atoms with E-state index < -0.39 is 11.7 Å². The maximum atomic E-state index is 13.3. The summed E-state index contributed by atoms with van der Waals surface area (Å²) in [6, 6.07) is 8.49. The summed E-state index contributed by atoms with van der Waals surface area (Å²) < 4.78 is 8.07. The van der Waals surface area contributed by atoms with Gasteiger partial charge in [-0.1, -0.05) is 13.0 Å². The number of aromatic nitrogens is 4. The Kier molecular flexibility index (Phi) is 3.24. The van der Waals surface area contributed by atoms with Crippen LogP contribution in [0.25, 0.3) is 16.7 Å². The maximum absolute atomic E-state index is 13.3. The maximum Gasteiger partial charge on any atom is 0.419 e. The van der Waals surface area contributed by atoms with Crippen molar-refractivity contribution in [1.82, 2.24) is 29.8 Å². The van der Waals surface area contributed by atoms with E-state index >= 15 is 0 Å². The van der Waals surface area contributed by atoms with Crippen molar-refractivity contribution in [2.75, 3.05) is 6.54 Å². The summed E-state index contributed by atoms with van der Waals surface area (Å²) in [7, 11) is 1.64. The second-order valence-electron chi connectivity index (χ2n) is 11.9. The molecule has 0 radical (unpaired) electrons. The Morgan fingerprint density at radius 2 is 1.78 bits per heavy atom. The van der Waals surface area contributed by atoms with Crippen LogP contribution in [-0.2, 0) is 13.6 Å². The lowest BCUT2D eigenvalue weighted by Gasteiger charge is -3.11. The van der Waals surface area contributed by atoms with Crippen molar-refractivity contribution in [2.45, 2.75) is 13.5 Å². The number of fused-ring (bicyclic) bond motifs is 2. The lowest BCUT2D eigenvalue weighted by Crippen LogP contribution is -3.10. The van der Waals surface area contributed by atoms with E-state index in [1.165, 1.54) is 15.1 Å². The predicted molar refractivity (Wildman–Crippen MR) is 129 cm³/mol. The standard InChI is InChI=1S/C27H24N6O4/c1-26-17-20-18(26)22-19(26)21(17)27(20,22)10-29-24(35)14-8-12(31-16-5-6-30-33(14)16)23(34)28-9-11-3-4-15-13(7-11)32(2)25(36)37-15/h3-8,17-22H,9-10H2,1-2H3,(H,28,34)(H,29,35). The highest BCUT2D eigenvalue weighted by Gasteiger charge is 3.08. The van der Waals surface area contributed by atoms with Crippen LogP contribution in [0.5, 0.6) is 0 Å². The SMILES string of the molecule is Cn1c(=O)oc2ccc(CNC(=O)c3cc(C(=O)NCC45C6C7C4C4C5C6C74C)n4nccc4n3)cc21. The average molecular weight is 497 g/mol. The third-order valence-corrected chi connectivity index (χ3v) is 11.0. The molecule has 1 aromatic carbocycles. The van der Waals surface area contributed by atoms with Crippen LogP contribution in [-0.4, -0.2) is 37.5 Å². The Hall–Kier alpha value is -3.95. The predicted octanol–water partition coefficient (Wildman–Crippen LogP) is 1.59. The van der Waals surface area contributed by atoms with Crippen molar-refractivity contribution in [3.8, 4) is 0 Å². The molecule has 0 spiro atoms. The quantitative estimate of drug-likeness (QED) is 0.418. The zero-order chi connectivity index (χ0) is 25.0. The first-order valence-electron chi connectivity index (χ1n) is 12.9. The number of benzene rings is 1. The minimum atomic E-state index is -0.436. The molecule has 3 aromatic heterocycles. The van der Waals surface area contributed by atoms with Gasteiger partial charge in [-0.25, -0.2) is 14.3 Å². The average Bonchev–Trinajstić information content (AvgIpc) is 3.50. The van der Waals surface area contributed by atoms with E-state index in [1.54, 1.807) is 37.5 Å². The molecule has 0 saturated heterocycles. The highest BCUT2D eigenvalue weighted by molar-refractivity contribution is 5.98. The summed E-state index contributed by atoms with van der Waals surface area (Å²) in [5.74, 6) is 4.16. The van der Waals surface area contributed by atoms with Gasteiger partial charge in [0, 0.05) is 32.3 Å². The van der Waals surface area contributed by atoms with E-state index in [1.807, 2.05) is 0 Å². The molecule has 6 aliphatic carbocycles. The summed E-state index contributed by atoms with van der Waals surface area (Å²) in [4.78, 5) is 42.5.